The quantitative estimate of drug-likeness (QED) is 0.238. The van der Waals surface area contributed by atoms with E-state index in [4.69, 9.17) is 22.1 Å². The van der Waals surface area contributed by atoms with E-state index in [9.17, 15) is 14.4 Å². The first kappa shape index (κ1) is 25.8. The normalized spacial score (nSPS) is 22.7. The highest BCUT2D eigenvalue weighted by atomic mass is 35.5. The molecule has 7 heteroatoms. The molecule has 0 bridgehead atoms. The van der Waals surface area contributed by atoms with Crippen LogP contribution in [-0.4, -0.2) is 41.1 Å². The number of Topliss-reactive ketones (excluding diaryl/α,β-unsaturated/α-hetero) is 2. The Kier molecular flexibility index (Phi) is 8.81. The third kappa shape index (κ3) is 5.67. The van der Waals surface area contributed by atoms with E-state index in [0.29, 0.717) is 24.6 Å². The molecule has 32 heavy (non-hydrogen) atoms. The van der Waals surface area contributed by atoms with Gasteiger partial charge in [-0.25, -0.2) is 0 Å². The standard InChI is InChI=1S/C25H33ClN2O4/c1-6-16(2)13-17(3)9-10-19-14-20-21(15-28(19)12-8-7-11-27)23(30)25(5,32-18(4)29)24(31)22(20)26/h9-10,13-16H,6-8,11-12,27H2,1-5H3/b10-9+,17-13+/t16-,25+/m0/s1. The van der Waals surface area contributed by atoms with Crippen molar-refractivity contribution in [2.75, 3.05) is 13.1 Å². The number of ketones is 2. The second-order valence-corrected chi connectivity index (χ2v) is 8.82. The summed E-state index contributed by atoms with van der Waals surface area (Å²) in [6.45, 7) is 10.0. The molecule has 0 spiro atoms. The molecule has 0 aromatic rings. The van der Waals surface area contributed by atoms with Crippen LogP contribution < -0.4 is 5.73 Å². The van der Waals surface area contributed by atoms with E-state index in [1.807, 2.05) is 24.0 Å². The Bertz CT molecular complexity index is 942. The summed E-state index contributed by atoms with van der Waals surface area (Å²) in [6, 6.07) is 0. The van der Waals surface area contributed by atoms with Crippen molar-refractivity contribution in [3.8, 4) is 0 Å². The van der Waals surface area contributed by atoms with Crippen LogP contribution in [-0.2, 0) is 19.1 Å². The Balaban J connectivity index is 2.51. The van der Waals surface area contributed by atoms with Crippen LogP contribution in [0.2, 0.25) is 0 Å². The van der Waals surface area contributed by atoms with Crippen LogP contribution in [0.4, 0.5) is 0 Å². The Labute approximate surface area is 195 Å². The number of allylic oxidation sites excluding steroid dienone is 6. The molecule has 0 saturated heterocycles. The Morgan fingerprint density at radius 1 is 1.28 bits per heavy atom. The number of halogens is 1. The van der Waals surface area contributed by atoms with Crippen molar-refractivity contribution in [3.63, 3.8) is 0 Å². The fourth-order valence-corrected chi connectivity index (χ4v) is 3.98. The van der Waals surface area contributed by atoms with Crippen molar-refractivity contribution in [1.29, 1.82) is 0 Å². The SMILES string of the molecule is CC[C@H](C)/C=C(C)/C=C/C1=CC2=C(Cl)C(=O)[C@](C)(OC(C)=O)C(=O)C2=CN1CCCCN. The molecule has 0 aromatic carbocycles. The molecular weight excluding hydrogens is 428 g/mol. The monoisotopic (exact) mass is 460 g/mol. The lowest BCUT2D eigenvalue weighted by Crippen LogP contribution is -2.52. The number of hydrogen-bond donors (Lipinski definition) is 1. The number of nitrogens with zero attached hydrogens (tertiary/aromatic N) is 1. The molecule has 2 N–H and O–H groups in total. The van der Waals surface area contributed by atoms with Gasteiger partial charge in [0.05, 0.1) is 5.03 Å². The van der Waals surface area contributed by atoms with Gasteiger partial charge in [-0.1, -0.05) is 49.6 Å². The molecule has 174 valence electrons. The topological polar surface area (TPSA) is 89.7 Å². The van der Waals surface area contributed by atoms with Crippen molar-refractivity contribution in [1.82, 2.24) is 4.90 Å². The lowest BCUT2D eigenvalue weighted by Gasteiger charge is -2.35. The van der Waals surface area contributed by atoms with Crippen molar-refractivity contribution < 1.29 is 19.1 Å². The lowest BCUT2D eigenvalue weighted by molar-refractivity contribution is -0.167. The van der Waals surface area contributed by atoms with Crippen molar-refractivity contribution in [3.05, 3.63) is 58.0 Å². The minimum atomic E-state index is -1.96. The first-order valence-electron chi connectivity index (χ1n) is 11.0. The van der Waals surface area contributed by atoms with Crippen LogP contribution in [0.25, 0.3) is 0 Å². The predicted octanol–water partition coefficient (Wildman–Crippen LogP) is 4.32. The number of fused-ring (bicyclic) bond motifs is 1. The van der Waals surface area contributed by atoms with Gasteiger partial charge in [0, 0.05) is 36.5 Å². The van der Waals surface area contributed by atoms with Crippen molar-refractivity contribution in [2.24, 2.45) is 11.7 Å². The summed E-state index contributed by atoms with van der Waals surface area (Å²) in [7, 11) is 0. The highest BCUT2D eigenvalue weighted by molar-refractivity contribution is 6.49. The number of ether oxygens (including phenoxy) is 1. The van der Waals surface area contributed by atoms with E-state index in [1.54, 1.807) is 12.3 Å². The highest BCUT2D eigenvalue weighted by Crippen LogP contribution is 2.39. The molecule has 2 atom stereocenters. The van der Waals surface area contributed by atoms with Crippen molar-refractivity contribution in [2.45, 2.75) is 59.5 Å². The van der Waals surface area contributed by atoms with Crippen molar-refractivity contribution >= 4 is 29.1 Å². The Morgan fingerprint density at radius 3 is 2.56 bits per heavy atom. The molecule has 1 heterocycles. The minimum absolute atomic E-state index is 0.112. The highest BCUT2D eigenvalue weighted by Gasteiger charge is 2.52. The molecule has 0 amide bonds. The maximum atomic E-state index is 13.2. The first-order chi connectivity index (χ1) is 15.0. The number of rotatable bonds is 9. The van der Waals surface area contributed by atoms with Gasteiger partial charge in [-0.2, -0.15) is 0 Å². The summed E-state index contributed by atoms with van der Waals surface area (Å²) in [4.78, 5) is 39.6. The summed E-state index contributed by atoms with van der Waals surface area (Å²) in [5.41, 5.74) is 6.23. The average molecular weight is 461 g/mol. The number of carbonyl (C=O) groups excluding carboxylic acids is 3. The fourth-order valence-electron chi connectivity index (χ4n) is 3.65. The maximum absolute atomic E-state index is 13.2. The van der Waals surface area contributed by atoms with Crippen LogP contribution in [0, 0.1) is 5.92 Å². The fraction of sp³-hybridized carbons (Fsp3) is 0.480. The molecule has 0 radical (unpaired) electrons. The van der Waals surface area contributed by atoms with Crippen LogP contribution in [0.15, 0.2) is 58.0 Å². The van der Waals surface area contributed by atoms with Crippen LogP contribution in [0.3, 0.4) is 0 Å². The Hall–Kier alpha value is -2.44. The largest absolute Gasteiger partial charge is 0.443 e. The van der Waals surface area contributed by atoms with E-state index >= 15 is 0 Å². The van der Waals surface area contributed by atoms with Crippen LogP contribution in [0.1, 0.15) is 53.9 Å². The molecule has 6 nitrogen and oxygen atoms in total. The molecule has 0 aromatic heterocycles. The average Bonchev–Trinajstić information content (AvgIpc) is 2.74. The zero-order valence-electron chi connectivity index (χ0n) is 19.5. The molecule has 0 saturated carbocycles. The summed E-state index contributed by atoms with van der Waals surface area (Å²) in [6.07, 6.45) is 12.3. The molecule has 2 rings (SSSR count). The lowest BCUT2D eigenvalue weighted by atomic mass is 9.79. The van der Waals surface area contributed by atoms with E-state index in [1.165, 1.54) is 6.92 Å². The summed E-state index contributed by atoms with van der Waals surface area (Å²) in [5.74, 6) is -1.54. The second kappa shape index (κ2) is 10.9. The predicted molar refractivity (Wildman–Crippen MR) is 127 cm³/mol. The maximum Gasteiger partial charge on any atom is 0.304 e. The molecule has 2 aliphatic rings. The zero-order chi connectivity index (χ0) is 24.1. The second-order valence-electron chi connectivity index (χ2n) is 8.44. The van der Waals surface area contributed by atoms with Gasteiger partial charge in [-0.05, 0) is 51.3 Å². The van der Waals surface area contributed by atoms with E-state index in [0.717, 1.165) is 37.5 Å². The van der Waals surface area contributed by atoms with Gasteiger partial charge in [0.15, 0.2) is 0 Å². The van der Waals surface area contributed by atoms with Gasteiger partial charge in [-0.15, -0.1) is 0 Å². The summed E-state index contributed by atoms with van der Waals surface area (Å²) >= 11 is 6.39. The molecule has 0 fully saturated rings. The van der Waals surface area contributed by atoms with Gasteiger partial charge < -0.3 is 15.4 Å². The summed E-state index contributed by atoms with van der Waals surface area (Å²) < 4.78 is 5.14. The smallest absolute Gasteiger partial charge is 0.304 e. The number of hydrogen-bond acceptors (Lipinski definition) is 6. The number of carbonyl (C=O) groups is 3. The van der Waals surface area contributed by atoms with Gasteiger partial charge in [-0.3, -0.25) is 14.4 Å². The van der Waals surface area contributed by atoms with Gasteiger partial charge in [0.2, 0.25) is 17.2 Å². The summed E-state index contributed by atoms with van der Waals surface area (Å²) in [5, 5.41) is -0.112. The van der Waals surface area contributed by atoms with Gasteiger partial charge in [0.25, 0.3) is 0 Å². The molecule has 0 unspecified atom stereocenters. The molecule has 1 aliphatic heterocycles. The van der Waals surface area contributed by atoms with E-state index < -0.39 is 23.1 Å². The number of nitrogens with two attached hydrogens (primary N) is 1. The molecular formula is C25H33ClN2O4. The van der Waals surface area contributed by atoms with Gasteiger partial charge in [0.1, 0.15) is 0 Å². The number of esters is 1. The Morgan fingerprint density at radius 2 is 1.97 bits per heavy atom. The number of unbranched alkanes of at least 4 members (excludes halogenated alkanes) is 1. The van der Waals surface area contributed by atoms with Crippen LogP contribution >= 0.6 is 11.6 Å². The van der Waals surface area contributed by atoms with E-state index in [-0.39, 0.29) is 10.6 Å². The third-order valence-corrected chi connectivity index (χ3v) is 6.03. The zero-order valence-corrected chi connectivity index (χ0v) is 20.3. The minimum Gasteiger partial charge on any atom is -0.443 e. The first-order valence-corrected chi connectivity index (χ1v) is 11.4. The van der Waals surface area contributed by atoms with Crippen LogP contribution in [0.5, 0.6) is 0 Å². The van der Waals surface area contributed by atoms with Gasteiger partial charge >= 0.3 is 5.97 Å². The molecule has 1 aliphatic carbocycles. The van der Waals surface area contributed by atoms with E-state index in [2.05, 4.69) is 19.9 Å². The third-order valence-electron chi connectivity index (χ3n) is 5.66.